The predicted octanol–water partition coefficient (Wildman–Crippen LogP) is 3.84. The summed E-state index contributed by atoms with van der Waals surface area (Å²) in [5.41, 5.74) is 1.32. The second-order valence-electron chi connectivity index (χ2n) is 5.63. The van der Waals surface area contributed by atoms with Crippen LogP contribution in [0.1, 0.15) is 31.7 Å². The highest BCUT2D eigenvalue weighted by Gasteiger charge is 2.44. The Morgan fingerprint density at radius 2 is 1.83 bits per heavy atom. The third-order valence-corrected chi connectivity index (χ3v) is 3.82. The maximum absolute atomic E-state index is 12.2. The van der Waals surface area contributed by atoms with Crippen molar-refractivity contribution < 1.29 is 13.2 Å². The first-order valence-electron chi connectivity index (χ1n) is 7.60. The summed E-state index contributed by atoms with van der Waals surface area (Å²) in [7, 11) is 0. The molecule has 0 aliphatic heterocycles. The molecule has 23 heavy (non-hydrogen) atoms. The SMILES string of the molecule is CCNC(=NCC1(c2ccccc2)CC1)NCCC(F)(F)F.I. The van der Waals surface area contributed by atoms with Gasteiger partial charge in [0.15, 0.2) is 5.96 Å². The number of benzene rings is 1. The molecule has 0 heterocycles. The Bertz CT molecular complexity index is 499. The summed E-state index contributed by atoms with van der Waals surface area (Å²) in [6, 6.07) is 10.2. The van der Waals surface area contributed by atoms with Crippen LogP contribution in [0.2, 0.25) is 0 Å². The Labute approximate surface area is 152 Å². The molecule has 7 heteroatoms. The highest BCUT2D eigenvalue weighted by atomic mass is 127. The van der Waals surface area contributed by atoms with E-state index in [1.54, 1.807) is 0 Å². The lowest BCUT2D eigenvalue weighted by molar-refractivity contribution is -0.132. The zero-order valence-corrected chi connectivity index (χ0v) is 15.4. The molecule has 1 aromatic carbocycles. The monoisotopic (exact) mass is 441 g/mol. The van der Waals surface area contributed by atoms with Gasteiger partial charge in [-0.2, -0.15) is 13.2 Å². The van der Waals surface area contributed by atoms with Crippen LogP contribution in [0.25, 0.3) is 0 Å². The molecule has 1 aliphatic rings. The lowest BCUT2D eigenvalue weighted by atomic mass is 9.96. The zero-order valence-electron chi connectivity index (χ0n) is 13.1. The van der Waals surface area contributed by atoms with Crippen molar-refractivity contribution in [2.24, 2.45) is 4.99 Å². The van der Waals surface area contributed by atoms with E-state index >= 15 is 0 Å². The highest BCUT2D eigenvalue weighted by molar-refractivity contribution is 14.0. The van der Waals surface area contributed by atoms with Gasteiger partial charge in [0.05, 0.1) is 13.0 Å². The van der Waals surface area contributed by atoms with Gasteiger partial charge >= 0.3 is 6.18 Å². The first-order chi connectivity index (χ1) is 10.5. The number of hydrogen-bond acceptors (Lipinski definition) is 1. The average molecular weight is 441 g/mol. The molecule has 0 aromatic heterocycles. The van der Waals surface area contributed by atoms with Crippen molar-refractivity contribution in [2.75, 3.05) is 19.6 Å². The van der Waals surface area contributed by atoms with Crippen LogP contribution >= 0.6 is 24.0 Å². The van der Waals surface area contributed by atoms with E-state index in [2.05, 4.69) is 27.8 Å². The summed E-state index contributed by atoms with van der Waals surface area (Å²) in [5, 5.41) is 5.74. The van der Waals surface area contributed by atoms with Gasteiger partial charge in [0.2, 0.25) is 0 Å². The molecule has 3 nitrogen and oxygen atoms in total. The molecular weight excluding hydrogens is 418 g/mol. The molecule has 1 aliphatic carbocycles. The number of hydrogen-bond donors (Lipinski definition) is 2. The Morgan fingerprint density at radius 1 is 1.17 bits per heavy atom. The predicted molar refractivity (Wildman–Crippen MR) is 97.4 cm³/mol. The standard InChI is InChI=1S/C16H22F3N3.HI/c1-2-20-14(21-11-10-16(17,18)19)22-12-15(8-9-15)13-6-4-3-5-7-13;/h3-7H,2,8-12H2,1H3,(H2,20,21,22);1H. The van der Waals surface area contributed by atoms with Crippen LogP contribution in [-0.2, 0) is 5.41 Å². The lowest BCUT2D eigenvalue weighted by Gasteiger charge is -2.16. The van der Waals surface area contributed by atoms with Crippen LogP contribution in [0, 0.1) is 0 Å². The Kier molecular flexibility index (Phi) is 7.63. The fraction of sp³-hybridized carbons (Fsp3) is 0.562. The molecule has 0 bridgehead atoms. The van der Waals surface area contributed by atoms with Crippen LogP contribution in [-0.4, -0.2) is 31.8 Å². The number of nitrogens with zero attached hydrogens (tertiary/aromatic N) is 1. The summed E-state index contributed by atoms with van der Waals surface area (Å²) in [6.45, 7) is 2.95. The summed E-state index contributed by atoms with van der Waals surface area (Å²) < 4.78 is 36.6. The number of nitrogens with one attached hydrogen (secondary N) is 2. The quantitative estimate of drug-likeness (QED) is 0.400. The molecule has 0 unspecified atom stereocenters. The van der Waals surface area contributed by atoms with Gasteiger partial charge < -0.3 is 10.6 Å². The molecule has 130 valence electrons. The number of halogens is 4. The minimum absolute atomic E-state index is 0. The van der Waals surface area contributed by atoms with Crippen molar-refractivity contribution in [2.45, 2.75) is 37.8 Å². The van der Waals surface area contributed by atoms with E-state index in [0.29, 0.717) is 19.0 Å². The van der Waals surface area contributed by atoms with Gasteiger partial charge in [-0.1, -0.05) is 30.3 Å². The number of guanidine groups is 1. The Balaban J connectivity index is 0.00000264. The van der Waals surface area contributed by atoms with Gasteiger partial charge in [-0.25, -0.2) is 0 Å². The summed E-state index contributed by atoms with van der Waals surface area (Å²) in [5.74, 6) is 0.453. The Hall–Kier alpha value is -0.990. The van der Waals surface area contributed by atoms with E-state index in [-0.39, 0.29) is 35.9 Å². The van der Waals surface area contributed by atoms with Crippen LogP contribution in [0.5, 0.6) is 0 Å². The Morgan fingerprint density at radius 3 is 2.35 bits per heavy atom. The molecule has 2 rings (SSSR count). The normalized spacial score (nSPS) is 16.4. The molecule has 2 N–H and O–H groups in total. The fourth-order valence-corrected chi connectivity index (χ4v) is 2.38. The minimum Gasteiger partial charge on any atom is -0.357 e. The third-order valence-electron chi connectivity index (χ3n) is 3.82. The van der Waals surface area contributed by atoms with Gasteiger partial charge in [-0.05, 0) is 25.3 Å². The molecule has 1 fully saturated rings. The second-order valence-corrected chi connectivity index (χ2v) is 5.63. The third kappa shape index (κ3) is 6.56. The van der Waals surface area contributed by atoms with Crippen molar-refractivity contribution in [3.8, 4) is 0 Å². The van der Waals surface area contributed by atoms with Crippen LogP contribution in [0.3, 0.4) is 0 Å². The van der Waals surface area contributed by atoms with Crippen LogP contribution in [0.15, 0.2) is 35.3 Å². The largest absolute Gasteiger partial charge is 0.390 e. The van der Waals surface area contributed by atoms with E-state index < -0.39 is 12.6 Å². The molecule has 0 amide bonds. The summed E-state index contributed by atoms with van der Waals surface area (Å²) in [6.07, 6.45) is -2.86. The first kappa shape index (κ1) is 20.1. The van der Waals surface area contributed by atoms with Crippen molar-refractivity contribution in [3.63, 3.8) is 0 Å². The number of rotatable bonds is 6. The van der Waals surface area contributed by atoms with Gasteiger partial charge in [0.1, 0.15) is 0 Å². The van der Waals surface area contributed by atoms with Crippen molar-refractivity contribution >= 4 is 29.9 Å². The molecule has 0 atom stereocenters. The molecular formula is C16H23F3IN3. The summed E-state index contributed by atoms with van der Waals surface area (Å²) >= 11 is 0. The molecule has 0 spiro atoms. The molecule has 1 aromatic rings. The minimum atomic E-state index is -4.15. The van der Waals surface area contributed by atoms with E-state index in [4.69, 9.17) is 0 Å². The molecule has 1 saturated carbocycles. The molecule has 0 saturated heterocycles. The van der Waals surface area contributed by atoms with Crippen molar-refractivity contribution in [1.29, 1.82) is 0 Å². The smallest absolute Gasteiger partial charge is 0.357 e. The fourth-order valence-electron chi connectivity index (χ4n) is 2.38. The highest BCUT2D eigenvalue weighted by Crippen LogP contribution is 2.48. The van der Waals surface area contributed by atoms with Gasteiger partial charge in [0, 0.05) is 18.5 Å². The van der Waals surface area contributed by atoms with E-state index in [0.717, 1.165) is 12.8 Å². The number of alkyl halides is 3. The van der Waals surface area contributed by atoms with Gasteiger partial charge in [-0.3, -0.25) is 4.99 Å². The van der Waals surface area contributed by atoms with Crippen LogP contribution < -0.4 is 10.6 Å². The first-order valence-corrected chi connectivity index (χ1v) is 7.60. The topological polar surface area (TPSA) is 36.4 Å². The summed E-state index contributed by atoms with van der Waals surface area (Å²) in [4.78, 5) is 4.47. The number of aliphatic imine (C=N–C) groups is 1. The van der Waals surface area contributed by atoms with Crippen molar-refractivity contribution in [3.05, 3.63) is 35.9 Å². The van der Waals surface area contributed by atoms with Crippen LogP contribution in [0.4, 0.5) is 13.2 Å². The molecule has 0 radical (unpaired) electrons. The van der Waals surface area contributed by atoms with Gasteiger partial charge in [0.25, 0.3) is 0 Å². The lowest BCUT2D eigenvalue weighted by Crippen LogP contribution is -2.39. The average Bonchev–Trinajstić information content (AvgIpc) is 3.26. The zero-order chi connectivity index (χ0) is 16.1. The van der Waals surface area contributed by atoms with Gasteiger partial charge in [-0.15, -0.1) is 24.0 Å². The maximum atomic E-state index is 12.2. The second kappa shape index (κ2) is 8.75. The van der Waals surface area contributed by atoms with E-state index in [1.165, 1.54) is 5.56 Å². The van der Waals surface area contributed by atoms with E-state index in [9.17, 15) is 13.2 Å². The van der Waals surface area contributed by atoms with E-state index in [1.807, 2.05) is 25.1 Å². The maximum Gasteiger partial charge on any atom is 0.390 e. The van der Waals surface area contributed by atoms with Crippen molar-refractivity contribution in [1.82, 2.24) is 10.6 Å².